The molecule has 0 atom stereocenters. The van der Waals surface area contributed by atoms with E-state index < -0.39 is 9.85 Å². The predicted molar refractivity (Wildman–Crippen MR) is 265 cm³/mol. The molecule has 0 fully saturated rings. The normalized spacial score (nSPS) is 10.6. The van der Waals surface area contributed by atoms with Crippen molar-refractivity contribution >= 4 is 80.6 Å². The van der Waals surface area contributed by atoms with Gasteiger partial charge < -0.3 is 57.3 Å². The van der Waals surface area contributed by atoms with Gasteiger partial charge in [-0.3, -0.25) is 34.7 Å². The lowest BCUT2D eigenvalue weighted by Crippen LogP contribution is -2.35. The number of esters is 2. The van der Waals surface area contributed by atoms with Crippen LogP contribution in [0.2, 0.25) is 10.0 Å². The van der Waals surface area contributed by atoms with E-state index in [-0.39, 0.29) is 72.6 Å². The summed E-state index contributed by atoms with van der Waals surface area (Å²) in [6.07, 6.45) is 1.16. The largest absolute Gasteiger partial charge is 0.464 e. The maximum Gasteiger partial charge on any atom is 0.307 e. The van der Waals surface area contributed by atoms with Gasteiger partial charge in [0.2, 0.25) is 0 Å². The fraction of sp³-hybridized carbons (Fsp3) is 0.422. The van der Waals surface area contributed by atoms with Crippen molar-refractivity contribution in [1.82, 2.24) is 9.80 Å². The first-order chi connectivity index (χ1) is 32.0. The van der Waals surface area contributed by atoms with Crippen LogP contribution >= 0.6 is 23.2 Å². The number of halogens is 2. The van der Waals surface area contributed by atoms with Gasteiger partial charge in [0.1, 0.15) is 13.2 Å². The van der Waals surface area contributed by atoms with Gasteiger partial charge in [0.05, 0.1) is 70.4 Å². The highest BCUT2D eigenvalue weighted by molar-refractivity contribution is 6.33. The smallest absolute Gasteiger partial charge is 0.307 e. The molecule has 0 unspecified atom stereocenters. The van der Waals surface area contributed by atoms with Crippen molar-refractivity contribution in [1.29, 1.82) is 0 Å². The van der Waals surface area contributed by atoms with Gasteiger partial charge in [0.15, 0.2) is 0 Å². The fourth-order valence-corrected chi connectivity index (χ4v) is 6.57. The van der Waals surface area contributed by atoms with E-state index in [1.807, 2.05) is 67.3 Å². The predicted octanol–water partition coefficient (Wildman–Crippen LogP) is 5.71. The lowest BCUT2D eigenvalue weighted by Gasteiger charge is -2.25. The monoisotopic (exact) mass is 974 g/mol. The lowest BCUT2D eigenvalue weighted by molar-refractivity contribution is -0.385. The minimum absolute atomic E-state index is 0.0168. The van der Waals surface area contributed by atoms with Crippen LogP contribution in [0, 0.1) is 20.2 Å². The number of nitro groups is 2. The number of carbonyl (C=O) groups excluding carboxylic acids is 2. The van der Waals surface area contributed by atoms with E-state index in [1.54, 1.807) is 0 Å². The van der Waals surface area contributed by atoms with Crippen LogP contribution in [0.4, 0.5) is 45.5 Å². The highest BCUT2D eigenvalue weighted by Gasteiger charge is 2.15. The Morgan fingerprint density at radius 1 is 0.567 bits per heavy atom. The minimum Gasteiger partial charge on any atom is -0.464 e. The molecule has 0 amide bonds. The molecule has 0 spiro atoms. The molecule has 0 saturated heterocycles. The first-order valence-electron chi connectivity index (χ1n) is 21.6. The quantitative estimate of drug-likeness (QED) is 0.0190. The maximum atomic E-state index is 12.6. The second-order valence-electron chi connectivity index (χ2n) is 14.7. The summed E-state index contributed by atoms with van der Waals surface area (Å²) < 4.78 is 11.1. The van der Waals surface area contributed by atoms with Crippen LogP contribution in [-0.2, 0) is 19.1 Å². The van der Waals surface area contributed by atoms with E-state index in [1.165, 1.54) is 36.4 Å². The van der Waals surface area contributed by atoms with Crippen molar-refractivity contribution in [2.24, 2.45) is 0 Å². The number of hydrogen-bond acceptors (Lipinski definition) is 18. The van der Waals surface area contributed by atoms with Gasteiger partial charge in [-0.2, -0.15) is 0 Å². The summed E-state index contributed by atoms with van der Waals surface area (Å²) in [5, 5.41) is 39.4. The number of rotatable bonds is 26. The number of benzene rings is 4. The van der Waals surface area contributed by atoms with Crippen LogP contribution in [0.1, 0.15) is 33.1 Å². The second kappa shape index (κ2) is 31.7. The third-order valence-electron chi connectivity index (χ3n) is 9.96. The number of aliphatic hydroxyl groups is 2. The average molecular weight is 976 g/mol. The zero-order valence-corrected chi connectivity index (χ0v) is 39.5. The third-order valence-corrected chi connectivity index (χ3v) is 10.6. The molecule has 4 rings (SSSR count). The summed E-state index contributed by atoms with van der Waals surface area (Å²) in [4.78, 5) is 52.8. The molecule has 10 N–H and O–H groups in total. The summed E-state index contributed by atoms with van der Waals surface area (Å²) in [6.45, 7) is 10.5. The van der Waals surface area contributed by atoms with E-state index in [2.05, 4.69) is 14.7 Å². The van der Waals surface area contributed by atoms with E-state index in [0.717, 1.165) is 30.9 Å². The van der Waals surface area contributed by atoms with Gasteiger partial charge in [-0.25, -0.2) is 0 Å². The number of nitrogens with two attached hydrogens (primary N) is 4. The van der Waals surface area contributed by atoms with Gasteiger partial charge >= 0.3 is 11.9 Å². The zero-order chi connectivity index (χ0) is 49.7. The van der Waals surface area contributed by atoms with Gasteiger partial charge in [-0.05, 0) is 94.0 Å². The Kier molecular flexibility index (Phi) is 27.0. The Hall–Kier alpha value is -6.16. The highest BCUT2D eigenvalue weighted by atomic mass is 35.5. The van der Waals surface area contributed by atoms with Crippen LogP contribution in [0.5, 0.6) is 0 Å². The minimum atomic E-state index is -0.522. The molecule has 0 aliphatic rings. The maximum absolute atomic E-state index is 12.6. The number of nitro benzene ring substituents is 2. The van der Waals surface area contributed by atoms with Crippen molar-refractivity contribution < 1.29 is 39.1 Å². The lowest BCUT2D eigenvalue weighted by atomic mass is 10.2. The molecule has 0 radical (unpaired) electrons. The summed E-state index contributed by atoms with van der Waals surface area (Å²) in [5.74, 6) is -0.583. The Labute approximate surface area is 401 Å². The first-order valence-corrected chi connectivity index (χ1v) is 22.3. The number of carbonyl (C=O) groups is 2. The molecular formula is C45H64Cl2N10O10. The van der Waals surface area contributed by atoms with Gasteiger partial charge in [0, 0.05) is 86.3 Å². The van der Waals surface area contributed by atoms with Crippen LogP contribution < -0.4 is 32.7 Å². The first kappa shape index (κ1) is 57.0. The Bertz CT molecular complexity index is 1960. The molecular weight excluding hydrogens is 911 g/mol. The van der Waals surface area contributed by atoms with Crippen LogP contribution in [-0.4, -0.2) is 134 Å². The van der Waals surface area contributed by atoms with Crippen molar-refractivity contribution in [3.8, 4) is 0 Å². The summed E-state index contributed by atoms with van der Waals surface area (Å²) in [7, 11) is 0. The van der Waals surface area contributed by atoms with Gasteiger partial charge in [-0.1, -0.05) is 23.2 Å². The van der Waals surface area contributed by atoms with E-state index in [0.29, 0.717) is 75.1 Å². The number of aliphatic hydroxyl groups excluding tert-OH is 2. The molecule has 67 heavy (non-hydrogen) atoms. The number of ether oxygens (including phenoxy) is 2. The standard InChI is InChI=1S/C33H54N6O6.2C6H5ClN2O2/c1-3-38(30-10-6-28(34)7-11-30)22-26-44-32(42)14-18-36(16-5-17-37(20-24-40)21-25-41)19-15-33(43)45-27-23-39(4-2)31-12-8-29(35)9-13-31;2*7-5-3-4(9(10)11)1-2-6(5)8/h6-13,40-41H,3-5,14-27,34-35H2,1-2H3;2*1-3H,8H2. The molecule has 368 valence electrons. The van der Waals surface area contributed by atoms with Crippen LogP contribution in [0.25, 0.3) is 0 Å². The molecule has 20 nitrogen and oxygen atoms in total. The Morgan fingerprint density at radius 3 is 1.24 bits per heavy atom. The molecule has 22 heteroatoms. The van der Waals surface area contributed by atoms with Crippen LogP contribution in [0.15, 0.2) is 84.9 Å². The average Bonchev–Trinajstić information content (AvgIpc) is 3.30. The summed E-state index contributed by atoms with van der Waals surface area (Å²) in [6, 6.07) is 23.1. The number of hydrogen-bond donors (Lipinski definition) is 6. The SMILES string of the molecule is CCN(CCOC(=O)CCN(CCCN(CCO)CCO)CCC(=O)OCCN(CC)c1ccc(N)cc1)c1ccc(N)cc1.Nc1ccc([N+](=O)[O-])cc1Cl.Nc1ccc([N+](=O)[O-])cc1Cl. The van der Waals surface area contributed by atoms with Crippen molar-refractivity contribution in [2.75, 3.05) is 125 Å². The number of anilines is 6. The fourth-order valence-electron chi connectivity index (χ4n) is 6.22. The van der Waals surface area contributed by atoms with Crippen molar-refractivity contribution in [2.45, 2.75) is 33.1 Å². The number of likely N-dealkylation sites (N-methyl/N-ethyl adjacent to an activating group) is 2. The zero-order valence-electron chi connectivity index (χ0n) is 38.0. The number of non-ortho nitro benzene ring substituents is 2. The topological polar surface area (TPSA) is 296 Å². The van der Waals surface area contributed by atoms with E-state index >= 15 is 0 Å². The molecule has 0 heterocycles. The van der Waals surface area contributed by atoms with E-state index in [4.69, 9.17) is 55.6 Å². The molecule has 0 aromatic heterocycles. The van der Waals surface area contributed by atoms with Gasteiger partial charge in [0.25, 0.3) is 11.4 Å². The number of nitrogens with zero attached hydrogens (tertiary/aromatic N) is 6. The summed E-state index contributed by atoms with van der Waals surface area (Å²) >= 11 is 11.1. The van der Waals surface area contributed by atoms with Gasteiger partial charge in [-0.15, -0.1) is 0 Å². The molecule has 0 aliphatic heterocycles. The molecule has 0 saturated carbocycles. The van der Waals surface area contributed by atoms with E-state index in [9.17, 15) is 40.0 Å². The molecule has 4 aromatic carbocycles. The third kappa shape index (κ3) is 22.7. The molecule has 4 aromatic rings. The molecule has 0 bridgehead atoms. The summed E-state index contributed by atoms with van der Waals surface area (Å²) in [5.41, 5.74) is 26.3. The Morgan fingerprint density at radius 2 is 0.925 bits per heavy atom. The number of nitrogen functional groups attached to an aromatic ring is 4. The Balaban J connectivity index is 0.000000563. The second-order valence-corrected chi connectivity index (χ2v) is 15.5. The molecule has 0 aliphatic carbocycles. The highest BCUT2D eigenvalue weighted by Crippen LogP contribution is 2.25. The van der Waals surface area contributed by atoms with Crippen LogP contribution in [0.3, 0.4) is 0 Å². The van der Waals surface area contributed by atoms with Crippen molar-refractivity contribution in [3.63, 3.8) is 0 Å². The van der Waals surface area contributed by atoms with Crippen molar-refractivity contribution in [3.05, 3.63) is 115 Å².